The minimum Gasteiger partial charge on any atom is -0.323 e. The van der Waals surface area contributed by atoms with Crippen LogP contribution in [-0.2, 0) is 19.6 Å². The molecule has 1 heterocycles. The van der Waals surface area contributed by atoms with Gasteiger partial charge in [-0.2, -0.15) is 0 Å². The van der Waals surface area contributed by atoms with Gasteiger partial charge in [-0.15, -0.1) is 6.58 Å². The SMILES string of the molecule is C=CC[C@@]1(C)CCC(c2ccc(Cl)cc2)N(C(CC)C(=O)NS(=O)(=O)C2CC2)C1=O.CC.Clc1ccccc1. The molecule has 1 saturated heterocycles. The Kier molecular flexibility index (Phi) is 12.5. The van der Waals surface area contributed by atoms with Crippen molar-refractivity contribution in [2.24, 2.45) is 5.41 Å². The number of carbonyl (C=O) groups excluding carboxylic acids is 2. The lowest BCUT2D eigenvalue weighted by Gasteiger charge is -2.47. The van der Waals surface area contributed by atoms with Crippen molar-refractivity contribution in [3.8, 4) is 0 Å². The van der Waals surface area contributed by atoms with Crippen LogP contribution < -0.4 is 4.72 Å². The van der Waals surface area contributed by atoms with Crippen LogP contribution in [0.15, 0.2) is 67.3 Å². The summed E-state index contributed by atoms with van der Waals surface area (Å²) in [5.41, 5.74) is 0.206. The summed E-state index contributed by atoms with van der Waals surface area (Å²) >= 11 is 11.6. The molecule has 2 aromatic carbocycles. The lowest BCUT2D eigenvalue weighted by atomic mass is 9.74. The summed E-state index contributed by atoms with van der Waals surface area (Å²) in [5.74, 6) is -0.793. The molecule has 1 aliphatic carbocycles. The van der Waals surface area contributed by atoms with Crippen molar-refractivity contribution in [3.63, 3.8) is 0 Å². The zero-order valence-corrected chi connectivity index (χ0v) is 25.5. The number of hydrogen-bond donors (Lipinski definition) is 1. The second kappa shape index (κ2) is 14.9. The lowest BCUT2D eigenvalue weighted by Crippen LogP contribution is -2.57. The Morgan fingerprint density at radius 2 is 1.64 bits per heavy atom. The van der Waals surface area contributed by atoms with E-state index in [0.717, 1.165) is 10.6 Å². The molecule has 1 aliphatic heterocycles. The normalized spacial score (nSPS) is 21.4. The molecule has 0 spiro atoms. The van der Waals surface area contributed by atoms with Crippen molar-refractivity contribution in [2.75, 3.05) is 0 Å². The number of rotatable bonds is 8. The molecule has 9 heteroatoms. The first kappa shape index (κ1) is 32.9. The first-order valence-corrected chi connectivity index (χ1v) is 15.8. The Morgan fingerprint density at radius 3 is 2.10 bits per heavy atom. The fraction of sp³-hybridized carbons (Fsp3) is 0.467. The summed E-state index contributed by atoms with van der Waals surface area (Å²) in [4.78, 5) is 28.3. The maximum atomic E-state index is 13.6. The first-order chi connectivity index (χ1) is 18.5. The third kappa shape index (κ3) is 8.82. The van der Waals surface area contributed by atoms with Gasteiger partial charge in [-0.3, -0.25) is 14.3 Å². The molecule has 2 fully saturated rings. The average molecular weight is 596 g/mol. The molecular formula is C30H40Cl2N2O4S. The molecule has 2 amide bonds. The zero-order chi connectivity index (χ0) is 29.2. The fourth-order valence-electron chi connectivity index (χ4n) is 4.63. The Hall–Kier alpha value is -2.35. The van der Waals surface area contributed by atoms with Gasteiger partial charge >= 0.3 is 0 Å². The summed E-state index contributed by atoms with van der Waals surface area (Å²) in [6.07, 6.45) is 4.97. The van der Waals surface area contributed by atoms with E-state index in [4.69, 9.17) is 23.2 Å². The molecule has 6 nitrogen and oxygen atoms in total. The Balaban J connectivity index is 0.000000507. The van der Waals surface area contributed by atoms with Gasteiger partial charge in [0.25, 0.3) is 5.91 Å². The van der Waals surface area contributed by atoms with Crippen LogP contribution >= 0.6 is 23.2 Å². The van der Waals surface area contributed by atoms with Crippen molar-refractivity contribution in [1.29, 1.82) is 0 Å². The quantitative estimate of drug-likeness (QED) is 0.324. The van der Waals surface area contributed by atoms with Gasteiger partial charge in [-0.25, -0.2) is 8.42 Å². The molecule has 0 aromatic heterocycles. The van der Waals surface area contributed by atoms with Crippen LogP contribution in [0, 0.1) is 5.41 Å². The number of hydrogen-bond acceptors (Lipinski definition) is 4. The largest absolute Gasteiger partial charge is 0.323 e. The van der Waals surface area contributed by atoms with E-state index in [1.807, 2.05) is 63.2 Å². The molecule has 4 rings (SSSR count). The van der Waals surface area contributed by atoms with Gasteiger partial charge in [0, 0.05) is 10.0 Å². The van der Waals surface area contributed by atoms with Gasteiger partial charge in [-0.05, 0) is 68.4 Å². The summed E-state index contributed by atoms with van der Waals surface area (Å²) < 4.78 is 26.9. The number of amides is 2. The van der Waals surface area contributed by atoms with Crippen LogP contribution in [0.4, 0.5) is 0 Å². The van der Waals surface area contributed by atoms with Crippen molar-refractivity contribution < 1.29 is 18.0 Å². The van der Waals surface area contributed by atoms with E-state index in [2.05, 4.69) is 11.3 Å². The van der Waals surface area contributed by atoms with E-state index >= 15 is 0 Å². The third-order valence-electron chi connectivity index (χ3n) is 6.87. The van der Waals surface area contributed by atoms with E-state index in [1.165, 1.54) is 0 Å². The van der Waals surface area contributed by atoms with Gasteiger partial charge in [0.1, 0.15) is 6.04 Å². The summed E-state index contributed by atoms with van der Waals surface area (Å²) in [6, 6.07) is 15.5. The number of likely N-dealkylation sites (tertiary alicyclic amines) is 1. The van der Waals surface area contributed by atoms with Gasteiger partial charge < -0.3 is 4.90 Å². The molecule has 2 aliphatic rings. The van der Waals surface area contributed by atoms with Gasteiger partial charge in [0.15, 0.2) is 0 Å². The van der Waals surface area contributed by atoms with Crippen LogP contribution in [0.3, 0.4) is 0 Å². The summed E-state index contributed by atoms with van der Waals surface area (Å²) in [7, 11) is -3.70. The second-order valence-electron chi connectivity index (χ2n) is 9.80. The number of carbonyl (C=O) groups is 2. The van der Waals surface area contributed by atoms with Crippen LogP contribution in [-0.4, -0.2) is 36.4 Å². The second-order valence-corrected chi connectivity index (χ2v) is 12.6. The number of benzene rings is 2. The molecule has 2 aromatic rings. The maximum Gasteiger partial charge on any atom is 0.256 e. The molecule has 0 radical (unpaired) electrons. The van der Waals surface area contributed by atoms with Crippen molar-refractivity contribution in [3.05, 3.63) is 82.9 Å². The molecule has 1 saturated carbocycles. The number of sulfonamides is 1. The highest BCUT2D eigenvalue weighted by atomic mass is 35.5. The van der Waals surface area contributed by atoms with E-state index in [-0.39, 0.29) is 11.9 Å². The molecule has 2 unspecified atom stereocenters. The van der Waals surface area contributed by atoms with Crippen molar-refractivity contribution in [2.45, 2.75) is 83.6 Å². The molecule has 214 valence electrons. The predicted octanol–water partition coefficient (Wildman–Crippen LogP) is 7.34. The topological polar surface area (TPSA) is 83.6 Å². The fourth-order valence-corrected chi connectivity index (χ4v) is 6.24. The van der Waals surface area contributed by atoms with Crippen LogP contribution in [0.5, 0.6) is 0 Å². The number of nitrogens with zero attached hydrogens (tertiary/aromatic N) is 1. The van der Waals surface area contributed by atoms with Crippen LogP contribution in [0.1, 0.15) is 77.8 Å². The smallest absolute Gasteiger partial charge is 0.256 e. The van der Waals surface area contributed by atoms with E-state index in [9.17, 15) is 18.0 Å². The zero-order valence-electron chi connectivity index (χ0n) is 23.2. The maximum absolute atomic E-state index is 13.6. The van der Waals surface area contributed by atoms with Crippen LogP contribution in [0.25, 0.3) is 0 Å². The molecule has 1 N–H and O–H groups in total. The van der Waals surface area contributed by atoms with E-state index < -0.39 is 32.6 Å². The van der Waals surface area contributed by atoms with Crippen molar-refractivity contribution in [1.82, 2.24) is 9.62 Å². The number of nitrogens with one attached hydrogen (secondary N) is 1. The number of allylic oxidation sites excluding steroid dienone is 1. The monoisotopic (exact) mass is 594 g/mol. The molecule has 3 atom stereocenters. The number of halogens is 2. The lowest BCUT2D eigenvalue weighted by molar-refractivity contribution is -0.156. The highest BCUT2D eigenvalue weighted by molar-refractivity contribution is 7.90. The van der Waals surface area contributed by atoms with Crippen LogP contribution in [0.2, 0.25) is 10.0 Å². The Labute approximate surface area is 243 Å². The van der Waals surface area contributed by atoms with E-state index in [0.29, 0.717) is 43.5 Å². The van der Waals surface area contributed by atoms with Gasteiger partial charge in [0.05, 0.1) is 16.7 Å². The average Bonchev–Trinajstić information content (AvgIpc) is 3.77. The van der Waals surface area contributed by atoms with Gasteiger partial charge in [-0.1, -0.05) is 87.3 Å². The first-order valence-electron chi connectivity index (χ1n) is 13.5. The third-order valence-corrected chi connectivity index (χ3v) is 9.21. The molecular weight excluding hydrogens is 555 g/mol. The Bertz CT molecular complexity index is 1200. The minimum absolute atomic E-state index is 0.153. The van der Waals surface area contributed by atoms with Gasteiger partial charge in [0.2, 0.25) is 15.9 Å². The number of piperidine rings is 1. The standard InChI is InChI=1S/C22H29ClN2O4S.C6H5Cl.C2H6/c1-4-13-22(3)14-12-19(15-6-8-16(23)9-7-15)25(21(22)27)18(5-2)20(26)24-30(28,29)17-10-11-17;7-6-4-2-1-3-5-6;1-2/h4,6-9,17-19H,1,5,10-14H2,2-3H3,(H,24,26);1-5H;1-2H3/t18?,19?,22-;;/m0../s1. The Morgan fingerprint density at radius 1 is 1.08 bits per heavy atom. The van der Waals surface area contributed by atoms with Crippen molar-refractivity contribution >= 4 is 45.0 Å². The predicted molar refractivity (Wildman–Crippen MR) is 160 cm³/mol. The minimum atomic E-state index is -3.70. The highest BCUT2D eigenvalue weighted by Crippen LogP contribution is 2.44. The molecule has 0 bridgehead atoms. The highest BCUT2D eigenvalue weighted by Gasteiger charge is 2.48. The molecule has 39 heavy (non-hydrogen) atoms. The van der Waals surface area contributed by atoms with E-state index in [1.54, 1.807) is 30.0 Å². The summed E-state index contributed by atoms with van der Waals surface area (Å²) in [5, 5.41) is 0.876. The summed E-state index contributed by atoms with van der Waals surface area (Å²) in [6.45, 7) is 11.5.